The van der Waals surface area contributed by atoms with Crippen molar-refractivity contribution in [2.24, 2.45) is 4.99 Å². The number of carbonyl (C=O) groups excluding carboxylic acids is 1. The smallest absolute Gasteiger partial charge is 0.253 e. The molecule has 1 unspecified atom stereocenters. The van der Waals surface area contributed by atoms with Gasteiger partial charge >= 0.3 is 0 Å². The number of aliphatic imine (C=N–C) groups is 1. The zero-order valence-corrected chi connectivity index (χ0v) is 8.88. The number of nitrogens with zero attached hydrogens (tertiary/aromatic N) is 1. The van der Waals surface area contributed by atoms with Gasteiger partial charge < -0.3 is 5.32 Å². The highest BCUT2D eigenvalue weighted by atomic mass is 35.5. The second-order valence-corrected chi connectivity index (χ2v) is 3.63. The molecule has 1 saturated heterocycles. The first-order valence-corrected chi connectivity index (χ1v) is 4.88. The Bertz CT molecular complexity index is 413. The second-order valence-electron chi connectivity index (χ2n) is 3.19. The van der Waals surface area contributed by atoms with Gasteiger partial charge in [0.25, 0.3) is 5.91 Å². The molecule has 0 radical (unpaired) electrons. The van der Waals surface area contributed by atoms with Crippen molar-refractivity contribution in [3.63, 3.8) is 0 Å². The largest absolute Gasteiger partial charge is 0.340 e. The summed E-state index contributed by atoms with van der Waals surface area (Å²) in [6.45, 7) is 0. The van der Waals surface area contributed by atoms with E-state index in [1.165, 1.54) is 0 Å². The van der Waals surface area contributed by atoms with E-state index in [0.717, 1.165) is 5.56 Å². The molecule has 5 heteroatoms. The number of nitrogens with one attached hydrogen (secondary N) is 2. The Labute approximate surface area is 92.3 Å². The highest BCUT2D eigenvalue weighted by Gasteiger charge is 2.28. The topological polar surface area (TPSA) is 53.5 Å². The van der Waals surface area contributed by atoms with Gasteiger partial charge in [-0.2, -0.15) is 0 Å². The van der Waals surface area contributed by atoms with E-state index in [9.17, 15) is 4.79 Å². The van der Waals surface area contributed by atoms with E-state index in [1.54, 1.807) is 19.2 Å². The van der Waals surface area contributed by atoms with Crippen LogP contribution in [0.2, 0.25) is 5.02 Å². The van der Waals surface area contributed by atoms with Crippen LogP contribution in [0.25, 0.3) is 0 Å². The minimum Gasteiger partial charge on any atom is -0.340 e. The van der Waals surface area contributed by atoms with E-state index in [4.69, 9.17) is 11.6 Å². The number of halogens is 1. The fraction of sp³-hybridized carbons (Fsp3) is 0.200. The van der Waals surface area contributed by atoms with Gasteiger partial charge in [-0.25, -0.2) is 0 Å². The van der Waals surface area contributed by atoms with Crippen molar-refractivity contribution < 1.29 is 4.79 Å². The normalized spacial score (nSPS) is 22.7. The predicted octanol–water partition coefficient (Wildman–Crippen LogP) is 1.09. The van der Waals surface area contributed by atoms with E-state index in [0.29, 0.717) is 11.0 Å². The summed E-state index contributed by atoms with van der Waals surface area (Å²) in [5.41, 5.74) is 0.871. The van der Waals surface area contributed by atoms with Gasteiger partial charge in [0, 0.05) is 12.1 Å². The molecule has 1 aliphatic heterocycles. The standard InChI is InChI=1S/C10H10ClN3O/c1-12-10-13-8(9(15)14-10)6-2-4-7(11)5-3-6/h2-5,8H,1H3,(H2,12,13,14,15). The zero-order chi connectivity index (χ0) is 10.8. The summed E-state index contributed by atoms with van der Waals surface area (Å²) in [5.74, 6) is 0.401. The Morgan fingerprint density at radius 3 is 2.53 bits per heavy atom. The summed E-state index contributed by atoms with van der Waals surface area (Å²) in [4.78, 5) is 15.4. The maximum absolute atomic E-state index is 11.5. The van der Waals surface area contributed by atoms with Crippen molar-refractivity contribution in [2.75, 3.05) is 7.05 Å². The molecular weight excluding hydrogens is 214 g/mol. The molecule has 1 amide bonds. The highest BCUT2D eigenvalue weighted by Crippen LogP contribution is 2.18. The molecule has 0 bridgehead atoms. The first-order chi connectivity index (χ1) is 7.20. The third kappa shape index (κ3) is 1.94. The van der Waals surface area contributed by atoms with Gasteiger partial charge in [-0.15, -0.1) is 0 Å². The summed E-state index contributed by atoms with van der Waals surface area (Å²) in [6.07, 6.45) is 0. The van der Waals surface area contributed by atoms with Crippen LogP contribution in [-0.2, 0) is 4.79 Å². The molecule has 78 valence electrons. The lowest BCUT2D eigenvalue weighted by molar-refractivity contribution is -0.120. The predicted molar refractivity (Wildman–Crippen MR) is 58.8 cm³/mol. The molecule has 0 aliphatic carbocycles. The van der Waals surface area contributed by atoms with E-state index in [1.807, 2.05) is 12.1 Å². The number of hydrogen-bond acceptors (Lipinski definition) is 2. The number of guanidine groups is 1. The van der Waals surface area contributed by atoms with E-state index in [2.05, 4.69) is 15.6 Å². The third-order valence-electron chi connectivity index (χ3n) is 2.21. The third-order valence-corrected chi connectivity index (χ3v) is 2.46. The fourth-order valence-corrected chi connectivity index (χ4v) is 1.56. The summed E-state index contributed by atoms with van der Waals surface area (Å²) in [6, 6.07) is 6.77. The summed E-state index contributed by atoms with van der Waals surface area (Å²) < 4.78 is 0. The van der Waals surface area contributed by atoms with Gasteiger partial charge in [0.15, 0.2) is 5.96 Å². The Morgan fingerprint density at radius 1 is 1.33 bits per heavy atom. The van der Waals surface area contributed by atoms with Gasteiger partial charge in [-0.3, -0.25) is 15.1 Å². The molecule has 1 atom stereocenters. The summed E-state index contributed by atoms with van der Waals surface area (Å²) in [5, 5.41) is 6.26. The molecule has 0 aromatic heterocycles. The van der Waals surface area contributed by atoms with Crippen molar-refractivity contribution in [3.05, 3.63) is 34.9 Å². The highest BCUT2D eigenvalue weighted by molar-refractivity contribution is 6.30. The van der Waals surface area contributed by atoms with Gasteiger partial charge in [0.2, 0.25) is 0 Å². The van der Waals surface area contributed by atoms with Crippen LogP contribution in [-0.4, -0.2) is 18.9 Å². The molecule has 1 heterocycles. The van der Waals surface area contributed by atoms with Crippen LogP contribution in [0.1, 0.15) is 11.6 Å². The molecule has 0 spiro atoms. The number of benzene rings is 1. The number of rotatable bonds is 1. The zero-order valence-electron chi connectivity index (χ0n) is 8.12. The molecule has 15 heavy (non-hydrogen) atoms. The van der Waals surface area contributed by atoms with Crippen LogP contribution >= 0.6 is 11.6 Å². The number of amides is 1. The average molecular weight is 224 g/mol. The molecule has 4 nitrogen and oxygen atoms in total. The lowest BCUT2D eigenvalue weighted by Crippen LogP contribution is -2.24. The molecule has 1 fully saturated rings. The molecule has 1 aliphatic rings. The minimum atomic E-state index is -0.374. The van der Waals surface area contributed by atoms with Crippen molar-refractivity contribution in [1.29, 1.82) is 0 Å². The van der Waals surface area contributed by atoms with Gasteiger partial charge in [0.05, 0.1) is 0 Å². The maximum atomic E-state index is 11.5. The lowest BCUT2D eigenvalue weighted by Gasteiger charge is -2.07. The second kappa shape index (κ2) is 3.90. The monoisotopic (exact) mass is 223 g/mol. The molecule has 2 N–H and O–H groups in total. The Kier molecular flexibility index (Phi) is 2.60. The lowest BCUT2D eigenvalue weighted by atomic mass is 10.1. The van der Waals surface area contributed by atoms with Crippen LogP contribution in [0.5, 0.6) is 0 Å². The first-order valence-electron chi connectivity index (χ1n) is 4.50. The van der Waals surface area contributed by atoms with Crippen LogP contribution in [0.4, 0.5) is 0 Å². The van der Waals surface area contributed by atoms with Crippen LogP contribution in [0.15, 0.2) is 29.3 Å². The Morgan fingerprint density at radius 2 is 2.00 bits per heavy atom. The fourth-order valence-electron chi connectivity index (χ4n) is 1.44. The minimum absolute atomic E-state index is 0.0991. The quantitative estimate of drug-likeness (QED) is 0.749. The molecule has 2 rings (SSSR count). The van der Waals surface area contributed by atoms with Crippen molar-refractivity contribution >= 4 is 23.5 Å². The van der Waals surface area contributed by atoms with E-state index in [-0.39, 0.29) is 11.9 Å². The van der Waals surface area contributed by atoms with E-state index < -0.39 is 0 Å². The van der Waals surface area contributed by atoms with Gasteiger partial charge in [-0.05, 0) is 17.7 Å². The summed E-state index contributed by atoms with van der Waals surface area (Å²) in [7, 11) is 1.62. The number of hydrogen-bond donors (Lipinski definition) is 2. The first kappa shape index (κ1) is 9.98. The average Bonchev–Trinajstić information content (AvgIpc) is 2.61. The van der Waals surface area contributed by atoms with Crippen LogP contribution in [0.3, 0.4) is 0 Å². The SMILES string of the molecule is CN=C1NC(=O)C(c2ccc(Cl)cc2)N1. The summed E-state index contributed by atoms with van der Waals surface area (Å²) >= 11 is 5.77. The van der Waals surface area contributed by atoms with Crippen molar-refractivity contribution in [3.8, 4) is 0 Å². The van der Waals surface area contributed by atoms with E-state index >= 15 is 0 Å². The van der Waals surface area contributed by atoms with Gasteiger partial charge in [0.1, 0.15) is 6.04 Å². The Hall–Kier alpha value is -1.55. The molecule has 1 aromatic rings. The van der Waals surface area contributed by atoms with Crippen LogP contribution in [0, 0.1) is 0 Å². The molecule has 0 saturated carbocycles. The molecular formula is C10H10ClN3O. The van der Waals surface area contributed by atoms with Crippen LogP contribution < -0.4 is 10.6 Å². The number of carbonyl (C=O) groups is 1. The molecule has 1 aromatic carbocycles. The Balaban J connectivity index is 2.25. The van der Waals surface area contributed by atoms with Crippen molar-refractivity contribution in [2.45, 2.75) is 6.04 Å². The van der Waals surface area contributed by atoms with Gasteiger partial charge in [-0.1, -0.05) is 23.7 Å². The maximum Gasteiger partial charge on any atom is 0.253 e. The van der Waals surface area contributed by atoms with Crippen molar-refractivity contribution in [1.82, 2.24) is 10.6 Å².